The average molecular weight is 561 g/mol. The van der Waals surface area contributed by atoms with E-state index in [-0.39, 0.29) is 29.6 Å². The van der Waals surface area contributed by atoms with Gasteiger partial charge in [-0.2, -0.15) is 28.2 Å². The monoisotopic (exact) mass is 560 g/mol. The van der Waals surface area contributed by atoms with E-state index in [2.05, 4.69) is 10.3 Å². The van der Waals surface area contributed by atoms with Gasteiger partial charge in [0.1, 0.15) is 11.5 Å². The molecule has 0 radical (unpaired) electrons. The molecule has 0 atom stereocenters. The van der Waals surface area contributed by atoms with Crippen LogP contribution in [0.1, 0.15) is 18.1 Å². The first-order chi connectivity index (χ1) is 18.4. The molecule has 0 saturated carbocycles. The number of carbonyl (C=O) groups excluding carboxylic acids is 1. The number of benzene rings is 3. The molecule has 4 aromatic rings. The van der Waals surface area contributed by atoms with E-state index in [9.17, 15) is 31.5 Å². The molecule has 0 saturated heterocycles. The van der Waals surface area contributed by atoms with Gasteiger partial charge in [-0.3, -0.25) is 13.9 Å². The van der Waals surface area contributed by atoms with Crippen molar-refractivity contribution in [2.75, 3.05) is 11.1 Å². The molecule has 0 unspecified atom stereocenters. The third-order valence-electron chi connectivity index (χ3n) is 5.76. The number of carbonyl (C=O) groups is 1. The number of amides is 1. The summed E-state index contributed by atoms with van der Waals surface area (Å²) in [6, 6.07) is 18.0. The van der Waals surface area contributed by atoms with E-state index in [1.165, 1.54) is 30.5 Å². The quantitative estimate of drug-likeness (QED) is 0.150. The maximum absolute atomic E-state index is 13.4. The van der Waals surface area contributed by atoms with Gasteiger partial charge in [0.25, 0.3) is 0 Å². The molecule has 39 heavy (non-hydrogen) atoms. The molecule has 0 aliphatic heterocycles. The topological polar surface area (TPSA) is 91.7 Å². The Morgan fingerprint density at radius 3 is 2.38 bits per heavy atom. The summed E-state index contributed by atoms with van der Waals surface area (Å²) in [6.45, 7) is 1.67. The summed E-state index contributed by atoms with van der Waals surface area (Å²) in [7, 11) is -2.87. The summed E-state index contributed by atoms with van der Waals surface area (Å²) in [5.41, 5.74) is 0.938. The molecule has 1 aromatic heterocycles. The number of nitrogens with one attached hydrogen (secondary N) is 1. The Hall–Kier alpha value is -3.93. The van der Waals surface area contributed by atoms with E-state index in [0.717, 1.165) is 18.2 Å². The Kier molecular flexibility index (Phi) is 8.24. The maximum Gasteiger partial charge on any atom is 0.416 e. The number of nitrogens with zero attached hydrogens (tertiary/aromatic N) is 1. The van der Waals surface area contributed by atoms with Gasteiger partial charge in [-0.1, -0.05) is 18.2 Å². The number of rotatable bonds is 8. The number of halogens is 4. The predicted octanol–water partition coefficient (Wildman–Crippen LogP) is 8.01. The van der Waals surface area contributed by atoms with Crippen molar-refractivity contribution in [1.29, 1.82) is 0 Å². The van der Waals surface area contributed by atoms with Crippen LogP contribution in [0.4, 0.5) is 23.2 Å². The zero-order chi connectivity index (χ0) is 28.2. The standard InChI is InChI=1S/C28H24F4N2O4S/c1-2-39(36,37)23-10-6-18(7-11-23)14-27(35)34-21-9-12-24(19-8-13-26(29)33-17-19)25(16-21)38-22-5-3-4-20(15-22)28(30,31)32/h3-13,15-17,36-37H,2,14H2,1H3,(H,34,35). The van der Waals surface area contributed by atoms with E-state index < -0.39 is 28.3 Å². The van der Waals surface area contributed by atoms with Gasteiger partial charge in [-0.25, -0.2) is 4.98 Å². The highest BCUT2D eigenvalue weighted by Crippen LogP contribution is 2.47. The summed E-state index contributed by atoms with van der Waals surface area (Å²) in [5.74, 6) is -0.860. The minimum Gasteiger partial charge on any atom is -0.457 e. The number of hydrogen-bond acceptors (Lipinski definition) is 5. The van der Waals surface area contributed by atoms with Gasteiger partial charge in [0.05, 0.1) is 16.9 Å². The number of ether oxygens (including phenoxy) is 1. The summed E-state index contributed by atoms with van der Waals surface area (Å²) >= 11 is 0. The summed E-state index contributed by atoms with van der Waals surface area (Å²) in [5, 5.41) is 2.73. The van der Waals surface area contributed by atoms with Crippen LogP contribution in [-0.4, -0.2) is 25.7 Å². The van der Waals surface area contributed by atoms with Crippen LogP contribution in [0.25, 0.3) is 11.1 Å². The molecule has 0 fully saturated rings. The molecule has 4 rings (SSSR count). The molecule has 0 spiro atoms. The van der Waals surface area contributed by atoms with Crippen LogP contribution in [0.5, 0.6) is 11.5 Å². The van der Waals surface area contributed by atoms with Crippen LogP contribution in [0.2, 0.25) is 0 Å². The highest BCUT2D eigenvalue weighted by atomic mass is 32.3. The smallest absolute Gasteiger partial charge is 0.416 e. The van der Waals surface area contributed by atoms with Crippen LogP contribution in [0, 0.1) is 5.95 Å². The van der Waals surface area contributed by atoms with Crippen LogP contribution in [-0.2, 0) is 17.4 Å². The molecule has 1 heterocycles. The fourth-order valence-corrected chi connectivity index (χ4v) is 4.61. The molecular formula is C28H24F4N2O4S. The zero-order valence-corrected chi connectivity index (χ0v) is 21.4. The second kappa shape index (κ2) is 11.4. The summed E-state index contributed by atoms with van der Waals surface area (Å²) < 4.78 is 78.9. The predicted molar refractivity (Wildman–Crippen MR) is 142 cm³/mol. The molecule has 0 aliphatic carbocycles. The third-order valence-corrected chi connectivity index (χ3v) is 7.59. The molecule has 3 aromatic carbocycles. The Morgan fingerprint density at radius 2 is 1.74 bits per heavy atom. The van der Waals surface area contributed by atoms with Crippen LogP contribution >= 0.6 is 10.6 Å². The lowest BCUT2D eigenvalue weighted by Crippen LogP contribution is -2.14. The van der Waals surface area contributed by atoms with Crippen molar-refractivity contribution in [3.05, 3.63) is 102 Å². The fraction of sp³-hybridized carbons (Fsp3) is 0.143. The van der Waals surface area contributed by atoms with Crippen molar-refractivity contribution < 1.29 is 36.2 Å². The van der Waals surface area contributed by atoms with E-state index >= 15 is 0 Å². The number of anilines is 1. The van der Waals surface area contributed by atoms with Crippen molar-refractivity contribution in [3.8, 4) is 22.6 Å². The Labute approximate surface area is 223 Å². The largest absolute Gasteiger partial charge is 0.457 e. The first kappa shape index (κ1) is 28.1. The third kappa shape index (κ3) is 7.14. The van der Waals surface area contributed by atoms with Gasteiger partial charge in [-0.15, -0.1) is 0 Å². The lowest BCUT2D eigenvalue weighted by molar-refractivity contribution is -0.137. The van der Waals surface area contributed by atoms with Crippen LogP contribution < -0.4 is 10.1 Å². The zero-order valence-electron chi connectivity index (χ0n) is 20.6. The SMILES string of the molecule is CCS(O)(O)c1ccc(CC(=O)Nc2ccc(-c3ccc(F)nc3)c(Oc3cccc(C(F)(F)F)c3)c2)cc1. The number of hydrogen-bond donors (Lipinski definition) is 3. The minimum atomic E-state index is -4.56. The molecule has 204 valence electrons. The van der Waals surface area contributed by atoms with Gasteiger partial charge < -0.3 is 10.1 Å². The van der Waals surface area contributed by atoms with Crippen LogP contribution in [0.15, 0.2) is 90.0 Å². The molecule has 3 N–H and O–H groups in total. The van der Waals surface area contributed by atoms with Gasteiger partial charge in [0, 0.05) is 34.8 Å². The number of alkyl halides is 3. The van der Waals surface area contributed by atoms with Gasteiger partial charge in [0.15, 0.2) is 0 Å². The van der Waals surface area contributed by atoms with E-state index in [4.69, 9.17) is 4.74 Å². The minimum absolute atomic E-state index is 0.0148. The van der Waals surface area contributed by atoms with Crippen molar-refractivity contribution in [2.45, 2.75) is 24.4 Å². The van der Waals surface area contributed by atoms with E-state index in [1.54, 1.807) is 43.3 Å². The lowest BCUT2D eigenvalue weighted by atomic mass is 10.1. The van der Waals surface area contributed by atoms with Crippen molar-refractivity contribution in [3.63, 3.8) is 0 Å². The molecule has 0 aliphatic rings. The Bertz CT molecular complexity index is 1460. The maximum atomic E-state index is 13.4. The average Bonchev–Trinajstić information content (AvgIpc) is 2.89. The highest BCUT2D eigenvalue weighted by molar-refractivity contribution is 8.24. The van der Waals surface area contributed by atoms with Gasteiger partial charge in [-0.05, 0) is 67.1 Å². The fourth-order valence-electron chi connectivity index (χ4n) is 3.70. The van der Waals surface area contributed by atoms with Crippen molar-refractivity contribution >= 4 is 22.2 Å². The van der Waals surface area contributed by atoms with Gasteiger partial charge >= 0.3 is 6.18 Å². The van der Waals surface area contributed by atoms with E-state index in [1.807, 2.05) is 0 Å². The lowest BCUT2D eigenvalue weighted by Gasteiger charge is -2.30. The first-order valence-corrected chi connectivity index (χ1v) is 13.4. The summed E-state index contributed by atoms with van der Waals surface area (Å²) in [4.78, 5) is 16.7. The van der Waals surface area contributed by atoms with Crippen LogP contribution in [0.3, 0.4) is 0 Å². The second-order valence-electron chi connectivity index (χ2n) is 8.53. The molecule has 0 bridgehead atoms. The van der Waals surface area contributed by atoms with Crippen molar-refractivity contribution in [1.82, 2.24) is 4.98 Å². The number of pyridine rings is 1. The highest BCUT2D eigenvalue weighted by Gasteiger charge is 2.30. The van der Waals surface area contributed by atoms with Crippen molar-refractivity contribution in [2.24, 2.45) is 0 Å². The first-order valence-electron chi connectivity index (χ1n) is 11.7. The van der Waals surface area contributed by atoms with Gasteiger partial charge in [0.2, 0.25) is 11.9 Å². The molecule has 1 amide bonds. The molecule has 6 nitrogen and oxygen atoms in total. The van der Waals surface area contributed by atoms with E-state index in [0.29, 0.717) is 27.3 Å². The molecule has 11 heteroatoms. The molecular weight excluding hydrogens is 536 g/mol. The Balaban J connectivity index is 1.58. The second-order valence-corrected chi connectivity index (χ2v) is 10.9. The summed E-state index contributed by atoms with van der Waals surface area (Å²) in [6.07, 6.45) is -3.32. The Morgan fingerprint density at radius 1 is 1.00 bits per heavy atom. The number of aromatic nitrogens is 1. The normalized spacial score (nSPS) is 12.2.